The summed E-state index contributed by atoms with van der Waals surface area (Å²) in [4.78, 5) is 11.3. The molecule has 1 aliphatic carbocycles. The maximum Gasteiger partial charge on any atom is 0.167 e. The lowest BCUT2D eigenvalue weighted by molar-refractivity contribution is -0.120. The fourth-order valence-electron chi connectivity index (χ4n) is 3.18. The van der Waals surface area contributed by atoms with Crippen molar-refractivity contribution in [3.8, 4) is 5.75 Å². The molecule has 0 heterocycles. The summed E-state index contributed by atoms with van der Waals surface area (Å²) in [7, 11) is 0. The van der Waals surface area contributed by atoms with Crippen molar-refractivity contribution in [3.05, 3.63) is 41.5 Å². The van der Waals surface area contributed by atoms with Crippen molar-refractivity contribution in [2.45, 2.75) is 44.9 Å². The van der Waals surface area contributed by atoms with Gasteiger partial charge in [-0.1, -0.05) is 13.0 Å². The molecule has 1 aliphatic rings. The van der Waals surface area contributed by atoms with Gasteiger partial charge in [-0.25, -0.2) is 8.78 Å². The Morgan fingerprint density at radius 1 is 1.13 bits per heavy atom. The van der Waals surface area contributed by atoms with Gasteiger partial charge in [-0.2, -0.15) is 0 Å². The van der Waals surface area contributed by atoms with E-state index < -0.39 is 11.6 Å². The topological polar surface area (TPSA) is 26.3 Å². The minimum Gasteiger partial charge on any atom is -0.494 e. The van der Waals surface area contributed by atoms with E-state index in [4.69, 9.17) is 4.74 Å². The number of carbonyl (C=O) groups excluding carboxylic acids is 1. The van der Waals surface area contributed by atoms with Gasteiger partial charge in [0.1, 0.15) is 11.5 Å². The maximum absolute atomic E-state index is 14.5. The first-order chi connectivity index (χ1) is 11.1. The molecule has 0 spiro atoms. The predicted octanol–water partition coefficient (Wildman–Crippen LogP) is 5.13. The minimum atomic E-state index is -0.823. The van der Waals surface area contributed by atoms with E-state index in [0.717, 1.165) is 6.42 Å². The van der Waals surface area contributed by atoms with E-state index in [0.29, 0.717) is 49.0 Å². The zero-order chi connectivity index (χ0) is 16.4. The Morgan fingerprint density at radius 3 is 2.57 bits per heavy atom. The SMILES string of the molecule is CCCOc1ccc2cc(C3CCC(=O)CC3)c(F)c(F)c2c1. The van der Waals surface area contributed by atoms with E-state index in [-0.39, 0.29) is 17.1 Å². The molecule has 3 rings (SSSR count). The van der Waals surface area contributed by atoms with Gasteiger partial charge in [0.05, 0.1) is 6.61 Å². The van der Waals surface area contributed by atoms with Crippen molar-refractivity contribution in [3.63, 3.8) is 0 Å². The lowest BCUT2D eigenvalue weighted by atomic mass is 9.82. The largest absolute Gasteiger partial charge is 0.494 e. The number of Topliss-reactive ketones (excluding diaryl/α,β-unsaturated/α-hetero) is 1. The van der Waals surface area contributed by atoms with Gasteiger partial charge < -0.3 is 4.74 Å². The molecule has 2 aromatic carbocycles. The van der Waals surface area contributed by atoms with Crippen LogP contribution >= 0.6 is 0 Å². The third-order valence-corrected chi connectivity index (χ3v) is 4.47. The molecule has 0 N–H and O–H groups in total. The average Bonchev–Trinajstić information content (AvgIpc) is 2.57. The number of ketones is 1. The number of ether oxygens (including phenoxy) is 1. The molecule has 1 fully saturated rings. The van der Waals surface area contributed by atoms with Crippen LogP contribution in [-0.2, 0) is 4.79 Å². The number of hydrogen-bond donors (Lipinski definition) is 0. The second-order valence-corrected chi connectivity index (χ2v) is 6.14. The molecule has 1 saturated carbocycles. The smallest absolute Gasteiger partial charge is 0.167 e. The fourth-order valence-corrected chi connectivity index (χ4v) is 3.18. The van der Waals surface area contributed by atoms with Gasteiger partial charge in [0.2, 0.25) is 0 Å². The Kier molecular flexibility index (Phi) is 4.60. The van der Waals surface area contributed by atoms with Crippen molar-refractivity contribution in [2.75, 3.05) is 6.61 Å². The second kappa shape index (κ2) is 6.65. The fraction of sp³-hybridized carbons (Fsp3) is 0.421. The van der Waals surface area contributed by atoms with Crippen LogP contribution in [0.3, 0.4) is 0 Å². The van der Waals surface area contributed by atoms with Crippen molar-refractivity contribution in [2.24, 2.45) is 0 Å². The van der Waals surface area contributed by atoms with Crippen LogP contribution in [0.1, 0.15) is 50.5 Å². The van der Waals surface area contributed by atoms with Gasteiger partial charge in [-0.05, 0) is 54.3 Å². The van der Waals surface area contributed by atoms with E-state index in [1.165, 1.54) is 0 Å². The molecule has 2 aromatic rings. The lowest BCUT2D eigenvalue weighted by Crippen LogP contribution is -2.14. The zero-order valence-electron chi connectivity index (χ0n) is 13.2. The molecule has 0 aromatic heterocycles. The summed E-state index contributed by atoms with van der Waals surface area (Å²) >= 11 is 0. The molecule has 0 amide bonds. The first-order valence-electron chi connectivity index (χ1n) is 8.16. The lowest BCUT2D eigenvalue weighted by Gasteiger charge is -2.22. The molecule has 23 heavy (non-hydrogen) atoms. The van der Waals surface area contributed by atoms with Gasteiger partial charge in [0, 0.05) is 18.2 Å². The number of hydrogen-bond acceptors (Lipinski definition) is 2. The number of fused-ring (bicyclic) bond motifs is 1. The summed E-state index contributed by atoms with van der Waals surface area (Å²) in [5.74, 6) is -0.933. The Morgan fingerprint density at radius 2 is 1.87 bits per heavy atom. The maximum atomic E-state index is 14.5. The highest BCUT2D eigenvalue weighted by Crippen LogP contribution is 2.36. The molecule has 0 unspecified atom stereocenters. The molecule has 0 saturated heterocycles. The third-order valence-electron chi connectivity index (χ3n) is 4.47. The van der Waals surface area contributed by atoms with Gasteiger partial charge >= 0.3 is 0 Å². The van der Waals surface area contributed by atoms with E-state index >= 15 is 0 Å². The zero-order valence-corrected chi connectivity index (χ0v) is 13.2. The summed E-state index contributed by atoms with van der Waals surface area (Å²) in [6, 6.07) is 6.82. The number of halogens is 2. The van der Waals surface area contributed by atoms with Gasteiger partial charge in [0.15, 0.2) is 11.6 Å². The van der Waals surface area contributed by atoms with Gasteiger partial charge in [-0.3, -0.25) is 4.79 Å². The van der Waals surface area contributed by atoms with Crippen LogP contribution in [0, 0.1) is 11.6 Å². The molecular formula is C19H20F2O2. The number of benzene rings is 2. The Balaban J connectivity index is 1.98. The third kappa shape index (κ3) is 3.21. The van der Waals surface area contributed by atoms with Gasteiger partial charge in [0.25, 0.3) is 0 Å². The summed E-state index contributed by atoms with van der Waals surface area (Å²) < 4.78 is 34.5. The highest BCUT2D eigenvalue weighted by Gasteiger charge is 2.25. The molecule has 0 atom stereocenters. The second-order valence-electron chi connectivity index (χ2n) is 6.14. The summed E-state index contributed by atoms with van der Waals surface area (Å²) in [5.41, 5.74) is 0.393. The highest BCUT2D eigenvalue weighted by molar-refractivity contribution is 5.86. The van der Waals surface area contributed by atoms with Crippen molar-refractivity contribution >= 4 is 16.6 Å². The van der Waals surface area contributed by atoms with Gasteiger partial charge in [-0.15, -0.1) is 0 Å². The molecule has 122 valence electrons. The first-order valence-corrected chi connectivity index (χ1v) is 8.16. The molecule has 4 heteroatoms. The van der Waals surface area contributed by atoms with Crippen LogP contribution in [0.15, 0.2) is 24.3 Å². The average molecular weight is 318 g/mol. The summed E-state index contributed by atoms with van der Waals surface area (Å²) in [5, 5.41) is 0.909. The van der Waals surface area contributed by atoms with E-state index in [2.05, 4.69) is 0 Å². The highest BCUT2D eigenvalue weighted by atomic mass is 19.2. The molecule has 2 nitrogen and oxygen atoms in total. The Bertz CT molecular complexity index is 730. The standard InChI is InChI=1S/C19H20F2O2/c1-2-9-23-15-8-5-13-10-16(12-3-6-14(22)7-4-12)18(20)19(21)17(13)11-15/h5,8,10-12H,2-4,6-7,9H2,1H3. The van der Waals surface area contributed by atoms with Crippen molar-refractivity contribution in [1.29, 1.82) is 0 Å². The van der Waals surface area contributed by atoms with Crippen LogP contribution in [0.25, 0.3) is 10.8 Å². The van der Waals surface area contributed by atoms with Crippen LogP contribution in [0.2, 0.25) is 0 Å². The monoisotopic (exact) mass is 318 g/mol. The molecular weight excluding hydrogens is 298 g/mol. The first kappa shape index (κ1) is 15.9. The molecule has 0 bridgehead atoms. The Hall–Kier alpha value is -1.97. The molecule has 0 radical (unpaired) electrons. The molecule has 0 aliphatic heterocycles. The normalized spacial score (nSPS) is 16.0. The summed E-state index contributed by atoms with van der Waals surface area (Å²) in [6.45, 7) is 2.53. The number of carbonyl (C=O) groups is 1. The predicted molar refractivity (Wildman–Crippen MR) is 85.9 cm³/mol. The number of rotatable bonds is 4. The minimum absolute atomic E-state index is 0.0809. The Labute approximate surface area is 134 Å². The van der Waals surface area contributed by atoms with E-state index in [1.807, 2.05) is 6.92 Å². The van der Waals surface area contributed by atoms with E-state index in [9.17, 15) is 13.6 Å². The van der Waals surface area contributed by atoms with Crippen molar-refractivity contribution in [1.82, 2.24) is 0 Å². The quantitative estimate of drug-likeness (QED) is 0.781. The van der Waals surface area contributed by atoms with Crippen LogP contribution in [0.5, 0.6) is 5.75 Å². The summed E-state index contributed by atoms with van der Waals surface area (Å²) in [6.07, 6.45) is 2.95. The van der Waals surface area contributed by atoms with Crippen LogP contribution in [-0.4, -0.2) is 12.4 Å². The van der Waals surface area contributed by atoms with Crippen LogP contribution < -0.4 is 4.74 Å². The van der Waals surface area contributed by atoms with Crippen molar-refractivity contribution < 1.29 is 18.3 Å². The van der Waals surface area contributed by atoms with Crippen LogP contribution in [0.4, 0.5) is 8.78 Å². The van der Waals surface area contributed by atoms with E-state index in [1.54, 1.807) is 24.3 Å².